The van der Waals surface area contributed by atoms with Crippen LogP contribution in [0.3, 0.4) is 0 Å². The number of ether oxygens (including phenoxy) is 2. The van der Waals surface area contributed by atoms with E-state index in [0.29, 0.717) is 34.9 Å². The molecule has 0 aliphatic heterocycles. The van der Waals surface area contributed by atoms with E-state index in [4.69, 9.17) is 19.6 Å². The molecular formula is C26H22FN2NaO5. The van der Waals surface area contributed by atoms with Gasteiger partial charge < -0.3 is 24.2 Å². The van der Waals surface area contributed by atoms with Gasteiger partial charge in [-0.3, -0.25) is 0 Å². The van der Waals surface area contributed by atoms with Crippen LogP contribution in [0.2, 0.25) is 0 Å². The summed E-state index contributed by atoms with van der Waals surface area (Å²) in [6.07, 6.45) is -0.353. The van der Waals surface area contributed by atoms with Gasteiger partial charge >= 0.3 is 29.6 Å². The molecule has 0 aromatic heterocycles. The quantitative estimate of drug-likeness (QED) is 0.224. The molecule has 1 atom stereocenters. The Bertz CT molecular complexity index is 1160. The molecule has 3 aromatic rings. The number of carboxylic acids is 1. The van der Waals surface area contributed by atoms with Gasteiger partial charge in [-0.25, -0.2) is 4.39 Å². The molecule has 3 rings (SSSR count). The third-order valence-electron chi connectivity index (χ3n) is 4.89. The van der Waals surface area contributed by atoms with E-state index in [1.54, 1.807) is 48.5 Å². The number of carbonyl (C=O) groups excluding carboxylic acids is 1. The number of carboxylic acid groups (broad SMARTS) is 1. The van der Waals surface area contributed by atoms with Crippen LogP contribution in [0.25, 0.3) is 0 Å². The number of carbonyl (C=O) groups is 1. The molecule has 174 valence electrons. The van der Waals surface area contributed by atoms with Gasteiger partial charge in [-0.05, 0) is 59.7 Å². The van der Waals surface area contributed by atoms with E-state index in [-0.39, 0.29) is 48.4 Å². The predicted molar refractivity (Wildman–Crippen MR) is 121 cm³/mol. The topological polar surface area (TPSA) is 104 Å². The van der Waals surface area contributed by atoms with Crippen molar-refractivity contribution in [3.05, 3.63) is 95.3 Å². The summed E-state index contributed by atoms with van der Waals surface area (Å²) in [5, 5.41) is 23.8. The second-order valence-corrected chi connectivity index (χ2v) is 7.28. The van der Waals surface area contributed by atoms with Gasteiger partial charge in [-0.1, -0.05) is 29.4 Å². The van der Waals surface area contributed by atoms with E-state index in [2.05, 4.69) is 5.16 Å². The van der Waals surface area contributed by atoms with Gasteiger partial charge in [0.2, 0.25) is 0 Å². The SMILES string of the molecule is CON=C(COc1ccc(COc2ccc(C(C#N)CC(=O)[O-])cc2)cc1)c1ccc(F)cc1.[Na+]. The van der Waals surface area contributed by atoms with E-state index in [1.165, 1.54) is 19.2 Å². The van der Waals surface area contributed by atoms with Crippen molar-refractivity contribution in [2.45, 2.75) is 18.9 Å². The molecule has 0 heterocycles. The average molecular weight is 484 g/mol. The standard InChI is InChI=1S/C26H23FN2O5.Na/c1-32-29-25(20-4-8-22(27)9-5-20)17-34-23-10-2-18(3-11-23)16-33-24-12-6-19(7-13-24)21(15-28)14-26(30)31;/h2-13,21H,14,16-17H2,1H3,(H,30,31);/q;+1/p-1. The van der Waals surface area contributed by atoms with Crippen molar-refractivity contribution in [3.8, 4) is 17.6 Å². The van der Waals surface area contributed by atoms with Gasteiger partial charge in [0, 0.05) is 18.0 Å². The predicted octanol–water partition coefficient (Wildman–Crippen LogP) is 0.585. The van der Waals surface area contributed by atoms with Crippen LogP contribution in [-0.2, 0) is 16.2 Å². The first-order chi connectivity index (χ1) is 16.5. The zero-order valence-corrected chi connectivity index (χ0v) is 21.4. The molecule has 0 aliphatic rings. The Hall–Kier alpha value is -3.38. The van der Waals surface area contributed by atoms with Crippen LogP contribution >= 0.6 is 0 Å². The van der Waals surface area contributed by atoms with Crippen molar-refractivity contribution in [1.82, 2.24) is 0 Å². The number of aliphatic carboxylic acids is 1. The van der Waals surface area contributed by atoms with Crippen molar-refractivity contribution < 1.29 is 58.2 Å². The normalized spacial score (nSPS) is 11.5. The number of rotatable bonds is 11. The Morgan fingerprint density at radius 1 is 1.00 bits per heavy atom. The summed E-state index contributed by atoms with van der Waals surface area (Å²) >= 11 is 0. The minimum atomic E-state index is -1.27. The Morgan fingerprint density at radius 3 is 2.17 bits per heavy atom. The summed E-state index contributed by atoms with van der Waals surface area (Å²) < 4.78 is 24.7. The third kappa shape index (κ3) is 8.72. The number of nitrogens with zero attached hydrogens (tertiary/aromatic N) is 2. The first-order valence-electron chi connectivity index (χ1n) is 10.4. The van der Waals surface area contributed by atoms with Gasteiger partial charge in [0.25, 0.3) is 0 Å². The molecule has 3 aromatic carbocycles. The molecule has 0 N–H and O–H groups in total. The van der Waals surface area contributed by atoms with Gasteiger partial charge in [0.1, 0.15) is 43.4 Å². The Labute approximate surface area is 225 Å². The van der Waals surface area contributed by atoms with E-state index in [9.17, 15) is 14.3 Å². The Morgan fingerprint density at radius 2 is 1.60 bits per heavy atom. The molecule has 1 unspecified atom stereocenters. The summed E-state index contributed by atoms with van der Waals surface area (Å²) in [6, 6.07) is 21.9. The second kappa shape index (κ2) is 14.1. The van der Waals surface area contributed by atoms with E-state index >= 15 is 0 Å². The first kappa shape index (κ1) is 27.9. The minimum Gasteiger partial charge on any atom is -0.550 e. The maximum Gasteiger partial charge on any atom is 1.00 e. The fourth-order valence-corrected chi connectivity index (χ4v) is 3.12. The smallest absolute Gasteiger partial charge is 0.550 e. The van der Waals surface area contributed by atoms with Crippen LogP contribution in [0.15, 0.2) is 78.0 Å². The molecule has 0 radical (unpaired) electrons. The van der Waals surface area contributed by atoms with Gasteiger partial charge in [-0.15, -0.1) is 0 Å². The summed E-state index contributed by atoms with van der Waals surface area (Å²) in [4.78, 5) is 15.6. The average Bonchev–Trinajstić information content (AvgIpc) is 2.85. The van der Waals surface area contributed by atoms with E-state index in [0.717, 1.165) is 5.56 Å². The van der Waals surface area contributed by atoms with Crippen LogP contribution in [0.4, 0.5) is 4.39 Å². The molecule has 9 heteroatoms. The van der Waals surface area contributed by atoms with E-state index < -0.39 is 11.9 Å². The van der Waals surface area contributed by atoms with Crippen LogP contribution in [0.1, 0.15) is 29.0 Å². The molecule has 0 saturated heterocycles. The molecule has 0 spiro atoms. The fraction of sp³-hybridized carbons (Fsp3) is 0.192. The number of halogens is 1. The van der Waals surface area contributed by atoms with Crippen LogP contribution in [0.5, 0.6) is 11.5 Å². The zero-order valence-electron chi connectivity index (χ0n) is 19.4. The summed E-state index contributed by atoms with van der Waals surface area (Å²) in [5.41, 5.74) is 2.72. The molecule has 0 amide bonds. The van der Waals surface area contributed by atoms with Crippen molar-refractivity contribution in [2.24, 2.45) is 5.16 Å². The van der Waals surface area contributed by atoms with Gasteiger partial charge in [-0.2, -0.15) is 5.26 Å². The Kier molecular flexibility index (Phi) is 11.2. The molecule has 0 aliphatic carbocycles. The van der Waals surface area contributed by atoms with Gasteiger partial charge in [0.15, 0.2) is 0 Å². The molecule has 0 bridgehead atoms. The maximum absolute atomic E-state index is 13.2. The number of nitriles is 1. The molecule has 0 saturated carbocycles. The van der Waals surface area contributed by atoms with Crippen LogP contribution < -0.4 is 44.1 Å². The van der Waals surface area contributed by atoms with Gasteiger partial charge in [0.05, 0.1) is 12.0 Å². The zero-order chi connectivity index (χ0) is 24.3. The summed E-state index contributed by atoms with van der Waals surface area (Å²) in [5.74, 6) is -1.15. The molecule has 0 fully saturated rings. The summed E-state index contributed by atoms with van der Waals surface area (Å²) in [7, 11) is 1.43. The fourth-order valence-electron chi connectivity index (χ4n) is 3.12. The Balaban J connectivity index is 0.00000432. The van der Waals surface area contributed by atoms with Crippen LogP contribution in [0, 0.1) is 17.1 Å². The molecule has 35 heavy (non-hydrogen) atoms. The van der Waals surface area contributed by atoms with Crippen LogP contribution in [-0.4, -0.2) is 25.4 Å². The monoisotopic (exact) mass is 484 g/mol. The number of hydrogen-bond acceptors (Lipinski definition) is 7. The van der Waals surface area contributed by atoms with Crippen molar-refractivity contribution in [3.63, 3.8) is 0 Å². The molecule has 7 nitrogen and oxygen atoms in total. The van der Waals surface area contributed by atoms with Crippen molar-refractivity contribution >= 4 is 11.7 Å². The second-order valence-electron chi connectivity index (χ2n) is 7.28. The van der Waals surface area contributed by atoms with E-state index in [1.807, 2.05) is 18.2 Å². The number of benzene rings is 3. The number of oxime groups is 1. The minimum absolute atomic E-state index is 0. The molecular weight excluding hydrogens is 462 g/mol. The third-order valence-corrected chi connectivity index (χ3v) is 4.89. The van der Waals surface area contributed by atoms with Crippen molar-refractivity contribution in [2.75, 3.05) is 13.7 Å². The number of hydrogen-bond donors (Lipinski definition) is 0. The maximum atomic E-state index is 13.2. The first-order valence-corrected chi connectivity index (χ1v) is 10.4. The largest absolute Gasteiger partial charge is 1.00 e. The van der Waals surface area contributed by atoms with Crippen molar-refractivity contribution in [1.29, 1.82) is 5.26 Å². The summed E-state index contributed by atoms with van der Waals surface area (Å²) in [6.45, 7) is 0.454.